The molecule has 1 amide bonds. The highest BCUT2D eigenvalue weighted by Crippen LogP contribution is 2.30. The normalized spacial score (nSPS) is 23.8. The topological polar surface area (TPSA) is 64.6 Å². The van der Waals surface area contributed by atoms with Gasteiger partial charge in [0.25, 0.3) is 5.91 Å². The highest BCUT2D eigenvalue weighted by Gasteiger charge is 2.28. The summed E-state index contributed by atoms with van der Waals surface area (Å²) in [6, 6.07) is 4.84. The van der Waals surface area contributed by atoms with E-state index in [2.05, 4.69) is 19.2 Å². The first kappa shape index (κ1) is 20.8. The number of halogens is 2. The zero-order valence-electron chi connectivity index (χ0n) is 15.3. The molecule has 4 atom stereocenters. The Hall–Kier alpha value is -1.46. The fourth-order valence-corrected chi connectivity index (χ4v) is 3.55. The molecule has 0 aliphatic heterocycles. The Kier molecular flexibility index (Phi) is 7.59. The maximum atomic E-state index is 12.1. The number of amides is 1. The van der Waals surface area contributed by atoms with Crippen LogP contribution in [0, 0.1) is 11.8 Å². The van der Waals surface area contributed by atoms with Crippen LogP contribution in [0.3, 0.4) is 0 Å². The molecule has 26 heavy (non-hydrogen) atoms. The first-order valence-electron chi connectivity index (χ1n) is 8.85. The summed E-state index contributed by atoms with van der Waals surface area (Å²) < 4.78 is 10.5. The second-order valence-electron chi connectivity index (χ2n) is 6.88. The summed E-state index contributed by atoms with van der Waals surface area (Å²) in [4.78, 5) is 24.1. The van der Waals surface area contributed by atoms with Crippen molar-refractivity contribution in [2.45, 2.75) is 52.2 Å². The van der Waals surface area contributed by atoms with Gasteiger partial charge in [0.1, 0.15) is 5.75 Å². The van der Waals surface area contributed by atoms with Gasteiger partial charge in [-0.25, -0.2) is 4.79 Å². The fraction of sp³-hybridized carbons (Fsp3) is 0.579. The van der Waals surface area contributed by atoms with Crippen molar-refractivity contribution in [3.8, 4) is 5.75 Å². The SMILES string of the molecule is CC(Oc1ccc(Cl)cc1Cl)C(=O)OCC(=O)NC1CCCC(C)C1C. The molecule has 0 spiro atoms. The van der Waals surface area contributed by atoms with E-state index in [4.69, 9.17) is 32.7 Å². The molecule has 4 unspecified atom stereocenters. The van der Waals surface area contributed by atoms with E-state index in [-0.39, 0.29) is 18.6 Å². The Labute approximate surface area is 164 Å². The second kappa shape index (κ2) is 9.47. The predicted octanol–water partition coefficient (Wildman–Crippen LogP) is 4.24. The lowest BCUT2D eigenvalue weighted by Crippen LogP contribution is -2.45. The molecular formula is C19H25Cl2NO4. The van der Waals surface area contributed by atoms with Gasteiger partial charge in [-0.15, -0.1) is 0 Å². The van der Waals surface area contributed by atoms with E-state index >= 15 is 0 Å². The third kappa shape index (κ3) is 5.78. The molecule has 5 nitrogen and oxygen atoms in total. The van der Waals surface area contributed by atoms with Crippen LogP contribution in [0.4, 0.5) is 0 Å². The summed E-state index contributed by atoms with van der Waals surface area (Å²) in [5.41, 5.74) is 0. The van der Waals surface area contributed by atoms with E-state index in [1.165, 1.54) is 19.4 Å². The van der Waals surface area contributed by atoms with Crippen molar-refractivity contribution in [3.05, 3.63) is 28.2 Å². The van der Waals surface area contributed by atoms with E-state index in [1.807, 2.05) is 0 Å². The number of carbonyl (C=O) groups excluding carboxylic acids is 2. The first-order chi connectivity index (χ1) is 12.3. The van der Waals surface area contributed by atoms with Gasteiger partial charge in [-0.3, -0.25) is 4.79 Å². The number of benzene rings is 1. The number of rotatable bonds is 6. The molecule has 1 aromatic carbocycles. The molecule has 0 bridgehead atoms. The maximum absolute atomic E-state index is 12.1. The Balaban J connectivity index is 1.79. The van der Waals surface area contributed by atoms with E-state index in [0.717, 1.165) is 12.8 Å². The van der Waals surface area contributed by atoms with E-state index in [1.54, 1.807) is 12.1 Å². The summed E-state index contributed by atoms with van der Waals surface area (Å²) in [5.74, 6) is 0.402. The number of ether oxygens (including phenoxy) is 2. The monoisotopic (exact) mass is 401 g/mol. The van der Waals surface area contributed by atoms with Crippen molar-refractivity contribution < 1.29 is 19.1 Å². The van der Waals surface area contributed by atoms with Gasteiger partial charge in [0, 0.05) is 11.1 Å². The lowest BCUT2D eigenvalue weighted by atomic mass is 9.78. The second-order valence-corrected chi connectivity index (χ2v) is 7.73. The van der Waals surface area contributed by atoms with Crippen molar-refractivity contribution >= 4 is 35.1 Å². The molecule has 1 aliphatic carbocycles. The zero-order chi connectivity index (χ0) is 19.3. The zero-order valence-corrected chi connectivity index (χ0v) is 16.8. The molecule has 1 N–H and O–H groups in total. The molecule has 2 rings (SSSR count). The van der Waals surface area contributed by atoms with Crippen LogP contribution in [-0.2, 0) is 14.3 Å². The van der Waals surface area contributed by atoms with Crippen LogP contribution < -0.4 is 10.1 Å². The highest BCUT2D eigenvalue weighted by atomic mass is 35.5. The smallest absolute Gasteiger partial charge is 0.347 e. The Morgan fingerprint density at radius 2 is 2.00 bits per heavy atom. The third-order valence-corrected chi connectivity index (χ3v) is 5.46. The summed E-state index contributed by atoms with van der Waals surface area (Å²) in [6.45, 7) is 5.56. The maximum Gasteiger partial charge on any atom is 0.347 e. The quantitative estimate of drug-likeness (QED) is 0.723. The van der Waals surface area contributed by atoms with E-state index in [0.29, 0.717) is 27.6 Å². The number of nitrogens with one attached hydrogen (secondary N) is 1. The van der Waals surface area contributed by atoms with Crippen molar-refractivity contribution in [2.75, 3.05) is 6.61 Å². The van der Waals surface area contributed by atoms with Gasteiger partial charge in [0.2, 0.25) is 0 Å². The molecule has 0 saturated heterocycles. The lowest BCUT2D eigenvalue weighted by Gasteiger charge is -2.34. The van der Waals surface area contributed by atoms with Crippen LogP contribution in [0.2, 0.25) is 10.0 Å². The molecular weight excluding hydrogens is 377 g/mol. The average Bonchev–Trinajstić information content (AvgIpc) is 2.59. The van der Waals surface area contributed by atoms with Crippen LogP contribution in [0.5, 0.6) is 5.75 Å². The van der Waals surface area contributed by atoms with E-state index < -0.39 is 12.1 Å². The molecule has 0 heterocycles. The van der Waals surface area contributed by atoms with Gasteiger partial charge >= 0.3 is 5.97 Å². The minimum absolute atomic E-state index is 0.131. The Morgan fingerprint density at radius 1 is 1.27 bits per heavy atom. The molecule has 7 heteroatoms. The number of hydrogen-bond donors (Lipinski definition) is 1. The van der Waals surface area contributed by atoms with Gasteiger partial charge in [-0.05, 0) is 43.4 Å². The molecule has 0 radical (unpaired) electrons. The molecule has 1 aromatic rings. The van der Waals surface area contributed by atoms with Gasteiger partial charge in [0.05, 0.1) is 5.02 Å². The third-order valence-electron chi connectivity index (χ3n) is 4.93. The molecule has 1 aliphatic rings. The molecule has 1 fully saturated rings. The van der Waals surface area contributed by atoms with Gasteiger partial charge in [0.15, 0.2) is 12.7 Å². The van der Waals surface area contributed by atoms with Crippen molar-refractivity contribution in [2.24, 2.45) is 11.8 Å². The average molecular weight is 402 g/mol. The van der Waals surface area contributed by atoms with E-state index in [9.17, 15) is 9.59 Å². The molecule has 0 aromatic heterocycles. The minimum Gasteiger partial charge on any atom is -0.477 e. The van der Waals surface area contributed by atoms with Crippen molar-refractivity contribution in [1.29, 1.82) is 0 Å². The van der Waals surface area contributed by atoms with Crippen LogP contribution in [0.25, 0.3) is 0 Å². The summed E-state index contributed by atoms with van der Waals surface area (Å²) in [6.07, 6.45) is 2.35. The lowest BCUT2D eigenvalue weighted by molar-refractivity contribution is -0.155. The Bertz CT molecular complexity index is 652. The number of esters is 1. The number of carbonyl (C=O) groups is 2. The summed E-state index contributed by atoms with van der Waals surface area (Å²) in [5, 5.41) is 3.74. The molecule has 1 saturated carbocycles. The van der Waals surface area contributed by atoms with Crippen LogP contribution in [0.15, 0.2) is 18.2 Å². The summed E-state index contributed by atoms with van der Waals surface area (Å²) >= 11 is 11.8. The van der Waals surface area contributed by atoms with Crippen LogP contribution in [0.1, 0.15) is 40.0 Å². The minimum atomic E-state index is -0.893. The highest BCUT2D eigenvalue weighted by molar-refractivity contribution is 6.35. The van der Waals surface area contributed by atoms with Crippen molar-refractivity contribution in [3.63, 3.8) is 0 Å². The fourth-order valence-electron chi connectivity index (χ4n) is 3.10. The first-order valence-corrected chi connectivity index (χ1v) is 9.61. The Morgan fingerprint density at radius 3 is 2.69 bits per heavy atom. The molecule has 144 valence electrons. The number of hydrogen-bond acceptors (Lipinski definition) is 4. The van der Waals surface area contributed by atoms with Gasteiger partial charge < -0.3 is 14.8 Å². The van der Waals surface area contributed by atoms with Crippen LogP contribution in [-0.4, -0.2) is 30.6 Å². The standard InChI is InChI=1S/C19H25Cl2NO4/c1-11-5-4-6-16(12(11)2)22-18(23)10-25-19(24)13(3)26-17-8-7-14(20)9-15(17)21/h7-9,11-13,16H,4-6,10H2,1-3H3,(H,22,23). The van der Waals surface area contributed by atoms with Crippen molar-refractivity contribution in [1.82, 2.24) is 5.32 Å². The van der Waals surface area contributed by atoms with Crippen LogP contribution >= 0.6 is 23.2 Å². The largest absolute Gasteiger partial charge is 0.477 e. The summed E-state index contributed by atoms with van der Waals surface area (Å²) in [7, 11) is 0. The predicted molar refractivity (Wildman–Crippen MR) is 102 cm³/mol. The van der Waals surface area contributed by atoms with Gasteiger partial charge in [-0.1, -0.05) is 49.9 Å². The van der Waals surface area contributed by atoms with Gasteiger partial charge in [-0.2, -0.15) is 0 Å².